The zero-order valence-corrected chi connectivity index (χ0v) is 13.0. The maximum atomic E-state index is 12.4. The second-order valence-corrected chi connectivity index (χ2v) is 7.14. The van der Waals surface area contributed by atoms with Gasteiger partial charge < -0.3 is 4.74 Å². The van der Waals surface area contributed by atoms with Gasteiger partial charge in [-0.15, -0.1) is 0 Å². The van der Waals surface area contributed by atoms with Crippen molar-refractivity contribution in [2.45, 2.75) is 45.1 Å². The fourth-order valence-electron chi connectivity index (χ4n) is 3.38. The van der Waals surface area contributed by atoms with E-state index in [1.807, 2.05) is 18.2 Å². The summed E-state index contributed by atoms with van der Waals surface area (Å²) in [6.07, 6.45) is 3.68. The van der Waals surface area contributed by atoms with E-state index in [2.05, 4.69) is 29.8 Å². The van der Waals surface area contributed by atoms with E-state index in [0.29, 0.717) is 12.3 Å². The van der Waals surface area contributed by atoms with Crippen molar-refractivity contribution in [2.75, 3.05) is 0 Å². The lowest BCUT2D eigenvalue weighted by Crippen LogP contribution is -2.47. The van der Waals surface area contributed by atoms with Gasteiger partial charge in [-0.05, 0) is 49.3 Å². The highest BCUT2D eigenvalue weighted by atomic mass is 79.9. The number of ether oxygens (including phenoxy) is 1. The summed E-state index contributed by atoms with van der Waals surface area (Å²) < 4.78 is 7.20. The summed E-state index contributed by atoms with van der Waals surface area (Å²) in [5.41, 5.74) is 0.482. The molecule has 0 bridgehead atoms. The van der Waals surface area contributed by atoms with Crippen LogP contribution in [0, 0.1) is 11.8 Å². The lowest BCUT2D eigenvalue weighted by Gasteiger charge is -2.45. The van der Waals surface area contributed by atoms with Crippen LogP contribution in [0.1, 0.15) is 49.9 Å². The van der Waals surface area contributed by atoms with Gasteiger partial charge in [0.2, 0.25) is 0 Å². The summed E-state index contributed by atoms with van der Waals surface area (Å²) >= 11 is 3.42. The Morgan fingerprint density at radius 1 is 1.32 bits per heavy atom. The summed E-state index contributed by atoms with van der Waals surface area (Å²) in [4.78, 5) is 12.4. The van der Waals surface area contributed by atoms with Crippen molar-refractivity contribution < 1.29 is 9.53 Å². The molecule has 0 N–H and O–H groups in total. The minimum atomic E-state index is -0.246. The predicted molar refractivity (Wildman–Crippen MR) is 78.6 cm³/mol. The van der Waals surface area contributed by atoms with Crippen molar-refractivity contribution in [1.82, 2.24) is 0 Å². The van der Waals surface area contributed by atoms with Crippen LogP contribution in [-0.2, 0) is 0 Å². The SMILES string of the molecule is CC1CCC2(CC(=O)c3cc(Br)ccc3O2)CC1C. The molecule has 1 aromatic rings. The third-order valence-corrected chi connectivity index (χ3v) is 5.27. The van der Waals surface area contributed by atoms with Gasteiger partial charge in [0, 0.05) is 4.47 Å². The van der Waals surface area contributed by atoms with Gasteiger partial charge in [0.1, 0.15) is 11.4 Å². The van der Waals surface area contributed by atoms with Crippen molar-refractivity contribution in [3.8, 4) is 5.75 Å². The first-order valence-corrected chi connectivity index (χ1v) is 7.80. The molecule has 2 aliphatic rings. The number of rotatable bonds is 0. The molecule has 0 amide bonds. The minimum Gasteiger partial charge on any atom is -0.486 e. The van der Waals surface area contributed by atoms with E-state index in [4.69, 9.17) is 4.74 Å². The molecule has 3 rings (SSSR count). The summed E-state index contributed by atoms with van der Waals surface area (Å²) in [5, 5.41) is 0. The highest BCUT2D eigenvalue weighted by molar-refractivity contribution is 9.10. The highest BCUT2D eigenvalue weighted by Gasteiger charge is 2.44. The van der Waals surface area contributed by atoms with E-state index in [9.17, 15) is 4.79 Å². The maximum absolute atomic E-state index is 12.4. The van der Waals surface area contributed by atoms with Gasteiger partial charge >= 0.3 is 0 Å². The first-order chi connectivity index (χ1) is 8.99. The Hall–Kier alpha value is -0.830. The Balaban J connectivity index is 1.93. The zero-order valence-electron chi connectivity index (χ0n) is 11.4. The molecule has 1 heterocycles. The van der Waals surface area contributed by atoms with E-state index < -0.39 is 0 Å². The average molecular weight is 323 g/mol. The number of fused-ring (bicyclic) bond motifs is 1. The number of halogens is 1. The molecule has 0 radical (unpaired) electrons. The van der Waals surface area contributed by atoms with Gasteiger partial charge in [0.25, 0.3) is 0 Å². The molecular weight excluding hydrogens is 304 g/mol. The first kappa shape index (κ1) is 13.2. The molecule has 1 spiro atoms. The first-order valence-electron chi connectivity index (χ1n) is 7.01. The molecule has 2 nitrogen and oxygen atoms in total. The number of Topliss-reactive ketones (excluding diaryl/α,β-unsaturated/α-hetero) is 1. The number of carbonyl (C=O) groups is 1. The van der Waals surface area contributed by atoms with Crippen LogP contribution in [0.3, 0.4) is 0 Å². The Morgan fingerprint density at radius 3 is 2.84 bits per heavy atom. The third kappa shape index (κ3) is 2.33. The molecule has 102 valence electrons. The van der Waals surface area contributed by atoms with Crippen LogP contribution in [-0.4, -0.2) is 11.4 Å². The van der Waals surface area contributed by atoms with E-state index in [1.165, 1.54) is 0 Å². The van der Waals surface area contributed by atoms with Gasteiger partial charge in [0.05, 0.1) is 12.0 Å². The minimum absolute atomic E-state index is 0.226. The molecule has 1 saturated carbocycles. The lowest BCUT2D eigenvalue weighted by atomic mass is 9.70. The Bertz CT molecular complexity index is 525. The molecule has 1 aliphatic heterocycles. The second kappa shape index (κ2) is 4.62. The summed E-state index contributed by atoms with van der Waals surface area (Å²) in [7, 11) is 0. The van der Waals surface area contributed by atoms with Crippen LogP contribution in [0.4, 0.5) is 0 Å². The molecule has 19 heavy (non-hydrogen) atoms. The van der Waals surface area contributed by atoms with Crippen LogP contribution in [0.5, 0.6) is 5.75 Å². The number of hydrogen-bond acceptors (Lipinski definition) is 2. The Labute approximate surface area is 122 Å². The monoisotopic (exact) mass is 322 g/mol. The van der Waals surface area contributed by atoms with E-state index >= 15 is 0 Å². The van der Waals surface area contributed by atoms with Gasteiger partial charge in [0.15, 0.2) is 5.78 Å². The number of hydrogen-bond donors (Lipinski definition) is 0. The lowest BCUT2D eigenvalue weighted by molar-refractivity contribution is -0.0152. The smallest absolute Gasteiger partial charge is 0.170 e. The van der Waals surface area contributed by atoms with Crippen LogP contribution in [0.2, 0.25) is 0 Å². The Kier molecular flexibility index (Phi) is 3.20. The number of benzene rings is 1. The molecule has 0 aromatic heterocycles. The molecule has 3 heteroatoms. The fourth-order valence-corrected chi connectivity index (χ4v) is 3.75. The molecule has 3 atom stereocenters. The molecule has 1 aromatic carbocycles. The van der Waals surface area contributed by atoms with E-state index in [1.54, 1.807) is 0 Å². The fraction of sp³-hybridized carbons (Fsp3) is 0.562. The standard InChI is InChI=1S/C16H19BrO2/c1-10-5-6-16(8-11(10)2)9-14(18)13-7-12(17)3-4-15(13)19-16/h3-4,7,10-11H,5-6,8-9H2,1-2H3. The quantitative estimate of drug-likeness (QED) is 0.697. The van der Waals surface area contributed by atoms with Crippen molar-refractivity contribution in [2.24, 2.45) is 11.8 Å². The van der Waals surface area contributed by atoms with E-state index in [0.717, 1.165) is 41.0 Å². The van der Waals surface area contributed by atoms with Crippen molar-refractivity contribution >= 4 is 21.7 Å². The van der Waals surface area contributed by atoms with Crippen LogP contribution in [0.25, 0.3) is 0 Å². The van der Waals surface area contributed by atoms with Gasteiger partial charge in [-0.2, -0.15) is 0 Å². The van der Waals surface area contributed by atoms with Crippen molar-refractivity contribution in [3.63, 3.8) is 0 Å². The Morgan fingerprint density at radius 2 is 2.11 bits per heavy atom. The molecule has 3 unspecified atom stereocenters. The van der Waals surface area contributed by atoms with Crippen LogP contribution >= 0.6 is 15.9 Å². The largest absolute Gasteiger partial charge is 0.486 e. The molecular formula is C16H19BrO2. The average Bonchev–Trinajstić information content (AvgIpc) is 2.36. The van der Waals surface area contributed by atoms with E-state index in [-0.39, 0.29) is 11.4 Å². The zero-order chi connectivity index (χ0) is 13.6. The van der Waals surface area contributed by atoms with Gasteiger partial charge in [-0.25, -0.2) is 0 Å². The topological polar surface area (TPSA) is 26.3 Å². The normalized spacial score (nSPS) is 33.9. The van der Waals surface area contributed by atoms with Crippen LogP contribution in [0.15, 0.2) is 22.7 Å². The third-order valence-electron chi connectivity index (χ3n) is 4.77. The summed E-state index contributed by atoms with van der Waals surface area (Å²) in [6.45, 7) is 4.57. The van der Waals surface area contributed by atoms with Gasteiger partial charge in [-0.3, -0.25) is 4.79 Å². The van der Waals surface area contributed by atoms with Gasteiger partial charge in [-0.1, -0.05) is 29.8 Å². The summed E-state index contributed by atoms with van der Waals surface area (Å²) in [6, 6.07) is 5.74. The molecule has 1 fully saturated rings. The second-order valence-electron chi connectivity index (χ2n) is 6.22. The number of ketones is 1. The van der Waals surface area contributed by atoms with Crippen molar-refractivity contribution in [1.29, 1.82) is 0 Å². The summed E-state index contributed by atoms with van der Waals surface area (Å²) in [5.74, 6) is 2.35. The highest BCUT2D eigenvalue weighted by Crippen LogP contribution is 2.45. The molecule has 0 saturated heterocycles. The molecule has 1 aliphatic carbocycles. The van der Waals surface area contributed by atoms with Crippen molar-refractivity contribution in [3.05, 3.63) is 28.2 Å². The maximum Gasteiger partial charge on any atom is 0.170 e. The van der Waals surface area contributed by atoms with Crippen LogP contribution < -0.4 is 4.74 Å². The predicted octanol–water partition coefficient (Wildman–Crippen LogP) is 4.61. The number of carbonyl (C=O) groups excluding carboxylic acids is 1.